The van der Waals surface area contributed by atoms with E-state index in [1.807, 2.05) is 0 Å². The van der Waals surface area contributed by atoms with Crippen molar-refractivity contribution in [3.05, 3.63) is 28.8 Å². The van der Waals surface area contributed by atoms with Crippen LogP contribution in [-0.4, -0.2) is 35.9 Å². The minimum Gasteiger partial charge on any atom is -0.481 e. The fourth-order valence-corrected chi connectivity index (χ4v) is 6.41. The molecule has 2 heterocycles. The van der Waals surface area contributed by atoms with Crippen LogP contribution in [-0.2, 0) is 16.6 Å². The molecule has 1 aromatic carbocycles. The molecule has 0 N–H and O–H groups in total. The van der Waals surface area contributed by atoms with Crippen LogP contribution in [0.2, 0.25) is 0 Å². The molecule has 4 atom stereocenters. The van der Waals surface area contributed by atoms with Crippen molar-refractivity contribution in [1.29, 1.82) is 0 Å². The first kappa shape index (κ1) is 13.9. The Labute approximate surface area is 143 Å². The molecule has 6 rings (SSSR count). The van der Waals surface area contributed by atoms with Gasteiger partial charge in [0, 0.05) is 30.0 Å². The van der Waals surface area contributed by atoms with Gasteiger partial charge in [0.1, 0.15) is 5.75 Å². The molecule has 1 aromatic rings. The van der Waals surface area contributed by atoms with Gasteiger partial charge in [-0.1, -0.05) is 12.1 Å². The lowest BCUT2D eigenvalue weighted by atomic mass is 9.51. The molecule has 0 aromatic heterocycles. The van der Waals surface area contributed by atoms with Gasteiger partial charge < -0.3 is 4.74 Å². The smallest absolute Gasteiger partial charge is 0.174 e. The Bertz CT molecular complexity index is 752. The van der Waals surface area contributed by atoms with Gasteiger partial charge in [0.25, 0.3) is 0 Å². The van der Waals surface area contributed by atoms with E-state index in [2.05, 4.69) is 24.0 Å². The molecular formula is C21H25NO2. The van der Waals surface area contributed by atoms with Crippen molar-refractivity contribution >= 4 is 5.78 Å². The monoisotopic (exact) mass is 323 g/mol. The van der Waals surface area contributed by atoms with Gasteiger partial charge in [-0.3, -0.25) is 9.69 Å². The second kappa shape index (κ2) is 4.43. The van der Waals surface area contributed by atoms with Crippen LogP contribution in [0.25, 0.3) is 0 Å². The maximum absolute atomic E-state index is 12.8. The van der Waals surface area contributed by atoms with Gasteiger partial charge in [-0.15, -0.1) is 0 Å². The van der Waals surface area contributed by atoms with E-state index >= 15 is 0 Å². The lowest BCUT2D eigenvalue weighted by molar-refractivity contribution is -0.138. The molecule has 3 heteroatoms. The SMILES string of the molecule is Cc1ccc2c3c1O[C@@H]1C(=O)CC[C@@H]4[C@H](C2)N(CC2CC2)CC[C@@]314. The number of hydrogen-bond donors (Lipinski definition) is 0. The number of nitrogens with zero attached hydrogens (tertiary/aromatic N) is 1. The minimum atomic E-state index is -0.197. The molecule has 3 fully saturated rings. The Hall–Kier alpha value is -1.35. The summed E-state index contributed by atoms with van der Waals surface area (Å²) in [5.74, 6) is 2.97. The molecule has 126 valence electrons. The van der Waals surface area contributed by atoms with Gasteiger partial charge in [0.2, 0.25) is 0 Å². The molecular weight excluding hydrogens is 298 g/mol. The Morgan fingerprint density at radius 3 is 3.00 bits per heavy atom. The van der Waals surface area contributed by atoms with Gasteiger partial charge in [-0.25, -0.2) is 0 Å². The van der Waals surface area contributed by atoms with Gasteiger partial charge in [0.05, 0.1) is 0 Å². The van der Waals surface area contributed by atoms with Crippen molar-refractivity contribution in [1.82, 2.24) is 4.90 Å². The van der Waals surface area contributed by atoms with Crippen LogP contribution in [0, 0.1) is 18.8 Å². The van der Waals surface area contributed by atoms with Crippen LogP contribution >= 0.6 is 0 Å². The maximum atomic E-state index is 12.8. The highest BCUT2D eigenvalue weighted by Crippen LogP contribution is 2.62. The van der Waals surface area contributed by atoms with Crippen LogP contribution < -0.4 is 4.74 Å². The average molecular weight is 323 g/mol. The molecule has 2 aliphatic heterocycles. The van der Waals surface area contributed by atoms with Crippen LogP contribution in [0.3, 0.4) is 0 Å². The number of aryl methyl sites for hydroxylation is 1. The Morgan fingerprint density at radius 1 is 1.29 bits per heavy atom. The van der Waals surface area contributed by atoms with E-state index in [4.69, 9.17) is 4.74 Å². The number of benzene rings is 1. The van der Waals surface area contributed by atoms with Crippen molar-refractivity contribution in [3.63, 3.8) is 0 Å². The summed E-state index contributed by atoms with van der Waals surface area (Å²) < 4.78 is 6.38. The first-order valence-electron chi connectivity index (χ1n) is 9.75. The molecule has 3 aliphatic carbocycles. The number of hydrogen-bond acceptors (Lipinski definition) is 3. The molecule has 0 radical (unpaired) electrons. The van der Waals surface area contributed by atoms with E-state index in [1.165, 1.54) is 36.1 Å². The standard InChI is InChI=1S/C21H25NO2/c1-12-2-5-14-10-16-15-6-7-17(23)20-21(15,18(14)19(12)24-20)8-9-22(16)11-13-3-4-13/h2,5,13,15-16,20H,3-4,6-11H2,1H3/t15-,16+,20-,21-/m1/s1. The van der Waals surface area contributed by atoms with E-state index in [-0.39, 0.29) is 11.5 Å². The number of carbonyl (C=O) groups excluding carboxylic acids is 1. The third-order valence-corrected chi connectivity index (χ3v) is 7.63. The van der Waals surface area contributed by atoms with Crippen LogP contribution in [0.1, 0.15) is 48.8 Å². The fourth-order valence-electron chi connectivity index (χ4n) is 6.41. The Balaban J connectivity index is 1.53. The largest absolute Gasteiger partial charge is 0.481 e. The topological polar surface area (TPSA) is 29.5 Å². The quantitative estimate of drug-likeness (QED) is 0.838. The highest BCUT2D eigenvalue weighted by atomic mass is 16.5. The number of likely N-dealkylation sites (tertiary alicyclic amines) is 1. The van der Waals surface area contributed by atoms with Gasteiger partial charge in [-0.05, 0) is 68.5 Å². The van der Waals surface area contributed by atoms with E-state index in [9.17, 15) is 4.79 Å². The molecule has 0 amide bonds. The van der Waals surface area contributed by atoms with Crippen molar-refractivity contribution in [2.45, 2.75) is 63.0 Å². The summed E-state index contributed by atoms with van der Waals surface area (Å²) in [4.78, 5) is 15.5. The molecule has 24 heavy (non-hydrogen) atoms. The van der Waals surface area contributed by atoms with Crippen LogP contribution in [0.15, 0.2) is 12.1 Å². The highest BCUT2D eigenvalue weighted by molar-refractivity contribution is 5.89. The second-order valence-electron chi connectivity index (χ2n) is 8.86. The summed E-state index contributed by atoms with van der Waals surface area (Å²) in [5, 5.41) is 0. The predicted molar refractivity (Wildman–Crippen MR) is 91.4 cm³/mol. The highest BCUT2D eigenvalue weighted by Gasteiger charge is 2.65. The Kier molecular flexibility index (Phi) is 2.56. The number of rotatable bonds is 2. The van der Waals surface area contributed by atoms with Gasteiger partial charge in [-0.2, -0.15) is 0 Å². The van der Waals surface area contributed by atoms with Crippen molar-refractivity contribution in [2.24, 2.45) is 11.8 Å². The zero-order valence-corrected chi connectivity index (χ0v) is 14.4. The predicted octanol–water partition coefficient (Wildman–Crippen LogP) is 3.01. The van der Waals surface area contributed by atoms with Crippen LogP contribution in [0.5, 0.6) is 5.75 Å². The summed E-state index contributed by atoms with van der Waals surface area (Å²) >= 11 is 0. The summed E-state index contributed by atoms with van der Waals surface area (Å²) in [6.45, 7) is 4.57. The lowest BCUT2D eigenvalue weighted by Crippen LogP contribution is -2.66. The number of carbonyl (C=O) groups is 1. The zero-order valence-electron chi connectivity index (χ0n) is 14.4. The van der Waals surface area contributed by atoms with Gasteiger partial charge in [0.15, 0.2) is 11.9 Å². The first-order chi connectivity index (χ1) is 11.7. The average Bonchev–Trinajstić information content (AvgIpc) is 3.32. The first-order valence-corrected chi connectivity index (χ1v) is 9.75. The lowest BCUT2D eigenvalue weighted by Gasteiger charge is -2.57. The number of piperidine rings is 1. The number of ketones is 1. The molecule has 1 spiro atoms. The Morgan fingerprint density at radius 2 is 2.17 bits per heavy atom. The number of Topliss-reactive ketones (excluding diaryl/α,β-unsaturated/α-hetero) is 1. The summed E-state index contributed by atoms with van der Waals surface area (Å²) in [7, 11) is 0. The van der Waals surface area contributed by atoms with Gasteiger partial charge >= 0.3 is 0 Å². The van der Waals surface area contributed by atoms with Crippen molar-refractivity contribution < 1.29 is 9.53 Å². The van der Waals surface area contributed by atoms with E-state index in [0.29, 0.717) is 24.2 Å². The zero-order chi connectivity index (χ0) is 16.1. The molecule has 2 bridgehead atoms. The van der Waals surface area contributed by atoms with Crippen LogP contribution in [0.4, 0.5) is 0 Å². The van der Waals surface area contributed by atoms with E-state index in [1.54, 1.807) is 0 Å². The minimum absolute atomic E-state index is 0.00497. The molecule has 3 nitrogen and oxygen atoms in total. The number of ether oxygens (including phenoxy) is 1. The maximum Gasteiger partial charge on any atom is 0.174 e. The third-order valence-electron chi connectivity index (χ3n) is 7.63. The van der Waals surface area contributed by atoms with Crippen molar-refractivity contribution in [3.8, 4) is 5.75 Å². The third kappa shape index (κ3) is 1.55. The second-order valence-corrected chi connectivity index (χ2v) is 8.86. The fraction of sp³-hybridized carbons (Fsp3) is 0.667. The molecule has 2 saturated carbocycles. The summed E-state index contributed by atoms with van der Waals surface area (Å²) in [6, 6.07) is 5.15. The van der Waals surface area contributed by atoms with E-state index < -0.39 is 0 Å². The summed E-state index contributed by atoms with van der Waals surface area (Å²) in [6.07, 6.45) is 6.70. The van der Waals surface area contributed by atoms with E-state index in [0.717, 1.165) is 37.5 Å². The summed E-state index contributed by atoms with van der Waals surface area (Å²) in [5.41, 5.74) is 4.11. The van der Waals surface area contributed by atoms with Crippen molar-refractivity contribution in [2.75, 3.05) is 13.1 Å². The molecule has 5 aliphatic rings. The molecule has 0 unspecified atom stereocenters. The molecule has 1 saturated heterocycles. The normalized spacial score (nSPS) is 39.5.